The smallest absolute Gasteiger partial charge is 0.462 e. The van der Waals surface area contributed by atoms with Crippen molar-refractivity contribution >= 4 is 39.5 Å². The molecule has 3 N–H and O–H groups in total. The van der Waals surface area contributed by atoms with Crippen LogP contribution in [0.15, 0.2) is 0 Å². The summed E-state index contributed by atoms with van der Waals surface area (Å²) in [4.78, 5) is 72.1. The van der Waals surface area contributed by atoms with Gasteiger partial charge in [0.2, 0.25) is 0 Å². The molecule has 5 atom stereocenters. The molecule has 0 spiro atoms. The molecule has 486 valence electrons. The van der Waals surface area contributed by atoms with Gasteiger partial charge in [-0.15, -0.1) is 0 Å². The number of rotatable bonds is 62. The SMILES string of the molecule is CCCCCCCCCCCCCC(=O)O[C@H](COC(=O)CCCCCCCCCCC)COP(=O)(O)OC[C@H](O)COP(=O)(O)OC[C@@H](COC(=O)CCCCCCCCCCC(C)C)OC(=O)CCCCCCCCCCC(C)C. The van der Waals surface area contributed by atoms with Crippen molar-refractivity contribution < 1.29 is 80.2 Å². The maximum Gasteiger partial charge on any atom is 0.472 e. The van der Waals surface area contributed by atoms with Gasteiger partial charge in [-0.05, 0) is 37.5 Å². The molecular formula is C63H122O17P2. The van der Waals surface area contributed by atoms with Crippen LogP contribution in [0.1, 0.15) is 311 Å². The molecule has 0 aliphatic carbocycles. The van der Waals surface area contributed by atoms with Crippen molar-refractivity contribution in [2.45, 2.75) is 330 Å². The molecule has 0 saturated carbocycles. The van der Waals surface area contributed by atoms with E-state index in [1.54, 1.807) is 0 Å². The van der Waals surface area contributed by atoms with Crippen LogP contribution in [0.5, 0.6) is 0 Å². The predicted molar refractivity (Wildman–Crippen MR) is 326 cm³/mol. The van der Waals surface area contributed by atoms with E-state index in [1.807, 2.05) is 0 Å². The summed E-state index contributed by atoms with van der Waals surface area (Å²) in [7, 11) is -9.88. The number of aliphatic hydroxyl groups excluding tert-OH is 1. The Kier molecular flexibility index (Phi) is 54.3. The maximum absolute atomic E-state index is 13.0. The standard InChI is InChI=1S/C63H122O17P2/c1-7-9-11-13-15-17-18-20-29-35-41-47-62(67)79-58(51-73-60(65)45-39-33-27-19-16-14-12-10-8-2)53-77-81(69,70)75-49-57(64)50-76-82(71,72)78-54-59(80-63(68)48-42-36-30-24-22-26-32-38-44-56(5)6)52-74-61(66)46-40-34-28-23-21-25-31-37-43-55(3)4/h55-59,64H,7-54H2,1-6H3,(H,69,70)(H,71,72)/t57-,58+,59+/m0/s1. The van der Waals surface area contributed by atoms with Crippen molar-refractivity contribution in [3.8, 4) is 0 Å². The van der Waals surface area contributed by atoms with Crippen LogP contribution in [0.25, 0.3) is 0 Å². The van der Waals surface area contributed by atoms with E-state index in [0.29, 0.717) is 25.7 Å². The van der Waals surface area contributed by atoms with Crippen LogP contribution in [-0.4, -0.2) is 96.7 Å². The van der Waals surface area contributed by atoms with Gasteiger partial charge in [0.15, 0.2) is 12.2 Å². The number of hydrogen-bond donors (Lipinski definition) is 3. The van der Waals surface area contributed by atoms with Gasteiger partial charge in [0.1, 0.15) is 19.3 Å². The summed E-state index contributed by atoms with van der Waals surface area (Å²) in [6.07, 6.45) is 37.6. The van der Waals surface area contributed by atoms with E-state index < -0.39 is 97.5 Å². The Hall–Kier alpha value is -1.94. The molecule has 19 heteroatoms. The minimum absolute atomic E-state index is 0.104. The van der Waals surface area contributed by atoms with Crippen molar-refractivity contribution in [2.75, 3.05) is 39.6 Å². The number of carbonyl (C=O) groups is 4. The number of unbranched alkanes of at least 4 members (excludes halogenated alkanes) is 32. The second-order valence-electron chi connectivity index (χ2n) is 23.7. The van der Waals surface area contributed by atoms with Gasteiger partial charge >= 0.3 is 39.5 Å². The number of hydrogen-bond acceptors (Lipinski definition) is 15. The van der Waals surface area contributed by atoms with Crippen LogP contribution >= 0.6 is 15.6 Å². The molecule has 0 aliphatic rings. The highest BCUT2D eigenvalue weighted by Crippen LogP contribution is 2.45. The van der Waals surface area contributed by atoms with Crippen molar-refractivity contribution in [3.63, 3.8) is 0 Å². The summed E-state index contributed by atoms with van der Waals surface area (Å²) in [5, 5.41) is 10.5. The van der Waals surface area contributed by atoms with Crippen molar-refractivity contribution in [1.82, 2.24) is 0 Å². The zero-order valence-corrected chi connectivity index (χ0v) is 54.6. The van der Waals surface area contributed by atoms with E-state index >= 15 is 0 Å². The lowest BCUT2D eigenvalue weighted by Crippen LogP contribution is -2.30. The number of carbonyl (C=O) groups excluding carboxylic acids is 4. The minimum Gasteiger partial charge on any atom is -0.462 e. The normalized spacial score (nSPS) is 14.3. The number of phosphoric acid groups is 2. The molecule has 17 nitrogen and oxygen atoms in total. The molecular weight excluding hydrogens is 1090 g/mol. The van der Waals surface area contributed by atoms with Gasteiger partial charge in [-0.25, -0.2) is 9.13 Å². The van der Waals surface area contributed by atoms with Crippen LogP contribution in [0, 0.1) is 11.8 Å². The quantitative estimate of drug-likeness (QED) is 0.0222. The van der Waals surface area contributed by atoms with E-state index in [2.05, 4.69) is 41.5 Å². The number of ether oxygens (including phenoxy) is 4. The Morgan fingerprint density at radius 3 is 0.829 bits per heavy atom. The van der Waals surface area contributed by atoms with E-state index in [1.165, 1.54) is 128 Å². The highest BCUT2D eigenvalue weighted by Gasteiger charge is 2.30. The first-order valence-corrected chi connectivity index (χ1v) is 36.0. The molecule has 0 radical (unpaired) electrons. The van der Waals surface area contributed by atoms with Crippen LogP contribution < -0.4 is 0 Å². The number of phosphoric ester groups is 2. The molecule has 0 amide bonds. The summed E-state index contributed by atoms with van der Waals surface area (Å²) in [5.41, 5.74) is 0. The van der Waals surface area contributed by atoms with Gasteiger partial charge in [0.25, 0.3) is 0 Å². The third-order valence-corrected chi connectivity index (χ3v) is 16.4. The molecule has 0 aromatic rings. The van der Waals surface area contributed by atoms with Crippen molar-refractivity contribution in [1.29, 1.82) is 0 Å². The van der Waals surface area contributed by atoms with Gasteiger partial charge in [-0.2, -0.15) is 0 Å². The zero-order valence-electron chi connectivity index (χ0n) is 52.8. The predicted octanol–water partition coefficient (Wildman–Crippen LogP) is 17.3. The maximum atomic E-state index is 13.0. The van der Waals surface area contributed by atoms with Crippen molar-refractivity contribution in [3.05, 3.63) is 0 Å². The summed E-state index contributed by atoms with van der Waals surface area (Å²) in [5.74, 6) is -0.693. The first-order chi connectivity index (χ1) is 39.4. The summed E-state index contributed by atoms with van der Waals surface area (Å²) >= 11 is 0. The first kappa shape index (κ1) is 80.1. The highest BCUT2D eigenvalue weighted by atomic mass is 31.2. The molecule has 0 saturated heterocycles. The molecule has 0 fully saturated rings. The van der Waals surface area contributed by atoms with E-state index in [9.17, 15) is 43.2 Å². The summed E-state index contributed by atoms with van der Waals surface area (Å²) < 4.78 is 67.9. The van der Waals surface area contributed by atoms with Crippen LogP contribution in [0.2, 0.25) is 0 Å². The van der Waals surface area contributed by atoms with Gasteiger partial charge in [0, 0.05) is 25.7 Å². The Morgan fingerprint density at radius 1 is 0.329 bits per heavy atom. The molecule has 0 aromatic carbocycles. The third kappa shape index (κ3) is 57.2. The van der Waals surface area contributed by atoms with Gasteiger partial charge in [-0.3, -0.25) is 37.3 Å². The van der Waals surface area contributed by atoms with Gasteiger partial charge in [0.05, 0.1) is 26.4 Å². The molecule has 82 heavy (non-hydrogen) atoms. The number of aliphatic hydroxyl groups is 1. The summed E-state index contributed by atoms with van der Waals surface area (Å²) in [6, 6.07) is 0. The fourth-order valence-corrected chi connectivity index (χ4v) is 10.9. The molecule has 0 aromatic heterocycles. The highest BCUT2D eigenvalue weighted by molar-refractivity contribution is 7.47. The van der Waals surface area contributed by atoms with Crippen LogP contribution in [0.4, 0.5) is 0 Å². The monoisotopic (exact) mass is 1210 g/mol. The van der Waals surface area contributed by atoms with E-state index in [4.69, 9.17) is 37.0 Å². The van der Waals surface area contributed by atoms with Crippen molar-refractivity contribution in [2.24, 2.45) is 11.8 Å². The van der Waals surface area contributed by atoms with Gasteiger partial charge < -0.3 is 33.8 Å². The van der Waals surface area contributed by atoms with E-state index in [-0.39, 0.29) is 25.7 Å². The lowest BCUT2D eigenvalue weighted by Gasteiger charge is -2.21. The van der Waals surface area contributed by atoms with E-state index in [0.717, 1.165) is 102 Å². The molecule has 0 bridgehead atoms. The Bertz CT molecular complexity index is 1620. The first-order valence-electron chi connectivity index (χ1n) is 33.0. The average molecular weight is 1210 g/mol. The largest absolute Gasteiger partial charge is 0.472 e. The Morgan fingerprint density at radius 2 is 0.561 bits per heavy atom. The topological polar surface area (TPSA) is 237 Å². The molecule has 0 heterocycles. The second kappa shape index (κ2) is 55.6. The lowest BCUT2D eigenvalue weighted by molar-refractivity contribution is -0.161. The molecule has 2 unspecified atom stereocenters. The fourth-order valence-electron chi connectivity index (χ4n) is 9.35. The Labute approximate surface area is 498 Å². The number of esters is 4. The van der Waals surface area contributed by atoms with Gasteiger partial charge in [-0.1, -0.05) is 260 Å². The van der Waals surface area contributed by atoms with Crippen LogP contribution in [-0.2, 0) is 65.4 Å². The lowest BCUT2D eigenvalue weighted by atomic mass is 10.0. The third-order valence-electron chi connectivity index (χ3n) is 14.5. The minimum atomic E-state index is -4.94. The Balaban J connectivity index is 5.24. The molecule has 0 aliphatic heterocycles. The molecule has 0 rings (SSSR count). The second-order valence-corrected chi connectivity index (χ2v) is 26.7. The van der Waals surface area contributed by atoms with Crippen LogP contribution in [0.3, 0.4) is 0 Å². The fraction of sp³-hybridized carbons (Fsp3) is 0.937. The average Bonchev–Trinajstić information content (AvgIpc) is 3.45. The zero-order chi connectivity index (χ0) is 60.8. The summed E-state index contributed by atoms with van der Waals surface area (Å²) in [6.45, 7) is 9.39.